The summed E-state index contributed by atoms with van der Waals surface area (Å²) in [5.74, 6) is -0.0206. The number of imidazole rings is 1. The Morgan fingerprint density at radius 3 is 2.56 bits per heavy atom. The summed E-state index contributed by atoms with van der Waals surface area (Å²) in [4.78, 5) is 17.1. The highest BCUT2D eigenvalue weighted by Crippen LogP contribution is 2.29. The predicted octanol–water partition coefficient (Wildman–Crippen LogP) is 5.55. The highest BCUT2D eigenvalue weighted by Gasteiger charge is 2.17. The van der Waals surface area contributed by atoms with Crippen LogP contribution in [0.5, 0.6) is 0 Å². The highest BCUT2D eigenvalue weighted by molar-refractivity contribution is 9.10. The minimum atomic E-state index is -0.556. The van der Waals surface area contributed by atoms with Gasteiger partial charge in [0.25, 0.3) is 0 Å². The van der Waals surface area contributed by atoms with Crippen LogP contribution in [-0.4, -0.2) is 15.4 Å². The van der Waals surface area contributed by atoms with Crippen LogP contribution in [-0.2, 0) is 0 Å². The molecule has 5 nitrogen and oxygen atoms in total. The van der Waals surface area contributed by atoms with Crippen molar-refractivity contribution in [1.82, 2.24) is 9.38 Å². The number of fused-ring (bicyclic) bond motifs is 1. The number of anilines is 2. The van der Waals surface area contributed by atoms with E-state index >= 15 is 0 Å². The van der Waals surface area contributed by atoms with Crippen molar-refractivity contribution in [3.8, 4) is 11.3 Å². The minimum absolute atomic E-state index is 0.0887. The number of nitrogens with one attached hydrogen (secondary N) is 2. The van der Waals surface area contributed by atoms with Gasteiger partial charge in [-0.1, -0.05) is 52.3 Å². The number of aromatic nitrogens is 2. The number of pyridine rings is 1. The smallest absolute Gasteiger partial charge is 0.305 e. The van der Waals surface area contributed by atoms with Crippen molar-refractivity contribution in [2.45, 2.75) is 0 Å². The Bertz CT molecular complexity index is 1130. The van der Waals surface area contributed by atoms with Crippen LogP contribution in [0.3, 0.4) is 0 Å². The summed E-state index contributed by atoms with van der Waals surface area (Å²) in [6.07, 6.45) is 1.81. The molecule has 2 N–H and O–H groups in total. The van der Waals surface area contributed by atoms with E-state index in [4.69, 9.17) is 0 Å². The molecule has 4 aromatic rings. The van der Waals surface area contributed by atoms with Crippen LogP contribution in [0.15, 0.2) is 77.4 Å². The molecule has 0 unspecified atom stereocenters. The fourth-order valence-electron chi connectivity index (χ4n) is 2.76. The average molecular weight is 425 g/mol. The number of carbonyl (C=O) groups is 1. The number of rotatable bonds is 3. The minimum Gasteiger partial charge on any atom is -0.305 e. The van der Waals surface area contributed by atoms with Gasteiger partial charge in [0.15, 0.2) is 0 Å². The predicted molar refractivity (Wildman–Crippen MR) is 107 cm³/mol. The number of urea groups is 1. The Hall–Kier alpha value is -3.19. The molecule has 0 bridgehead atoms. The standard InChI is InChI=1S/C20H14BrFN4O/c21-14-9-10-16(15(22)12-14)23-20(27)25-19-18(13-6-2-1-3-7-13)24-17-8-4-5-11-26(17)19/h1-12H,(H2,23,25,27). The van der Waals surface area contributed by atoms with E-state index in [2.05, 4.69) is 31.5 Å². The lowest BCUT2D eigenvalue weighted by Crippen LogP contribution is -2.21. The largest absolute Gasteiger partial charge is 0.324 e. The van der Waals surface area contributed by atoms with Crippen molar-refractivity contribution in [2.24, 2.45) is 0 Å². The third-order valence-corrected chi connectivity index (χ3v) is 4.48. The lowest BCUT2D eigenvalue weighted by Gasteiger charge is -2.10. The van der Waals surface area contributed by atoms with Gasteiger partial charge in [-0.15, -0.1) is 0 Å². The van der Waals surface area contributed by atoms with Gasteiger partial charge < -0.3 is 5.32 Å². The van der Waals surface area contributed by atoms with Gasteiger partial charge in [0.2, 0.25) is 0 Å². The van der Waals surface area contributed by atoms with Gasteiger partial charge in [0.05, 0.1) is 5.69 Å². The Kier molecular flexibility index (Phi) is 4.60. The summed E-state index contributed by atoms with van der Waals surface area (Å²) < 4.78 is 16.4. The van der Waals surface area contributed by atoms with Gasteiger partial charge in [-0.3, -0.25) is 9.72 Å². The number of carbonyl (C=O) groups excluding carboxylic acids is 1. The molecule has 7 heteroatoms. The molecule has 0 aliphatic carbocycles. The SMILES string of the molecule is O=C(Nc1ccc(Br)cc1F)Nc1c(-c2ccccc2)nc2ccccn12. The summed E-state index contributed by atoms with van der Waals surface area (Å²) in [5, 5.41) is 5.33. The molecule has 2 aromatic heterocycles. The Balaban J connectivity index is 1.69. The van der Waals surface area contributed by atoms with E-state index < -0.39 is 11.8 Å². The lowest BCUT2D eigenvalue weighted by atomic mass is 10.1. The van der Waals surface area contributed by atoms with Crippen molar-refractivity contribution in [3.63, 3.8) is 0 Å². The third-order valence-electron chi connectivity index (χ3n) is 3.99. The van der Waals surface area contributed by atoms with E-state index in [1.165, 1.54) is 12.1 Å². The molecule has 0 fully saturated rings. The third kappa shape index (κ3) is 3.54. The maximum atomic E-state index is 14.0. The molecule has 4 rings (SSSR count). The monoisotopic (exact) mass is 424 g/mol. The molecular formula is C20H14BrFN4O. The topological polar surface area (TPSA) is 58.4 Å². The number of hydrogen-bond donors (Lipinski definition) is 2. The molecule has 0 atom stereocenters. The van der Waals surface area contributed by atoms with Crippen LogP contribution in [0.2, 0.25) is 0 Å². The second kappa shape index (κ2) is 7.20. The van der Waals surface area contributed by atoms with Crippen LogP contribution in [0.25, 0.3) is 16.9 Å². The first-order valence-electron chi connectivity index (χ1n) is 8.17. The van der Waals surface area contributed by atoms with E-state index in [-0.39, 0.29) is 5.69 Å². The Morgan fingerprint density at radius 1 is 1.00 bits per heavy atom. The van der Waals surface area contributed by atoms with Gasteiger partial charge in [-0.2, -0.15) is 0 Å². The van der Waals surface area contributed by atoms with Gasteiger partial charge >= 0.3 is 6.03 Å². The number of benzene rings is 2. The molecule has 0 aliphatic heterocycles. The molecule has 0 radical (unpaired) electrons. The quantitative estimate of drug-likeness (QED) is 0.453. The van der Waals surface area contributed by atoms with Gasteiger partial charge in [-0.25, -0.2) is 14.2 Å². The van der Waals surface area contributed by atoms with E-state index in [1.807, 2.05) is 54.7 Å². The second-order valence-corrected chi connectivity index (χ2v) is 6.72. The van der Waals surface area contributed by atoms with E-state index in [0.717, 1.165) is 5.56 Å². The van der Waals surface area contributed by atoms with E-state index in [1.54, 1.807) is 10.5 Å². The molecule has 2 aromatic carbocycles. The number of hydrogen-bond acceptors (Lipinski definition) is 2. The summed E-state index contributed by atoms with van der Waals surface area (Å²) in [6.45, 7) is 0. The van der Waals surface area contributed by atoms with Crippen molar-refractivity contribution in [2.75, 3.05) is 10.6 Å². The van der Waals surface area contributed by atoms with Crippen molar-refractivity contribution in [1.29, 1.82) is 0 Å². The number of halogens is 2. The maximum Gasteiger partial charge on any atom is 0.324 e. The first-order valence-corrected chi connectivity index (χ1v) is 8.97. The molecule has 0 aliphatic rings. The lowest BCUT2D eigenvalue weighted by molar-refractivity contribution is 0.262. The van der Waals surface area contributed by atoms with Crippen molar-refractivity contribution >= 4 is 39.1 Å². The molecule has 134 valence electrons. The zero-order valence-electron chi connectivity index (χ0n) is 14.0. The molecule has 2 heterocycles. The zero-order valence-corrected chi connectivity index (χ0v) is 15.6. The Labute approximate surface area is 163 Å². The summed E-state index contributed by atoms with van der Waals surface area (Å²) in [5.41, 5.74) is 2.28. The fourth-order valence-corrected chi connectivity index (χ4v) is 3.10. The second-order valence-electron chi connectivity index (χ2n) is 5.81. The van der Waals surface area contributed by atoms with Crippen LogP contribution < -0.4 is 10.6 Å². The number of nitrogens with zero attached hydrogens (tertiary/aromatic N) is 2. The van der Waals surface area contributed by atoms with Crippen molar-refractivity contribution in [3.05, 3.63) is 83.2 Å². The van der Waals surface area contributed by atoms with Gasteiger partial charge in [-0.05, 0) is 30.3 Å². The van der Waals surface area contributed by atoms with Crippen molar-refractivity contribution < 1.29 is 9.18 Å². The van der Waals surface area contributed by atoms with Crippen LogP contribution in [0, 0.1) is 5.82 Å². The average Bonchev–Trinajstić information content (AvgIpc) is 3.03. The summed E-state index contributed by atoms with van der Waals surface area (Å²) in [7, 11) is 0. The van der Waals surface area contributed by atoms with Crippen LogP contribution in [0.1, 0.15) is 0 Å². The highest BCUT2D eigenvalue weighted by atomic mass is 79.9. The van der Waals surface area contributed by atoms with Crippen LogP contribution in [0.4, 0.5) is 20.7 Å². The van der Waals surface area contributed by atoms with E-state index in [0.29, 0.717) is 21.6 Å². The van der Waals surface area contributed by atoms with Crippen LogP contribution >= 0.6 is 15.9 Å². The number of amides is 2. The summed E-state index contributed by atoms with van der Waals surface area (Å²) in [6, 6.07) is 19.0. The molecular weight excluding hydrogens is 411 g/mol. The first kappa shape index (κ1) is 17.2. The molecule has 0 spiro atoms. The first-order chi connectivity index (χ1) is 13.1. The Morgan fingerprint density at radius 2 is 1.78 bits per heavy atom. The summed E-state index contributed by atoms with van der Waals surface area (Å²) >= 11 is 3.19. The normalized spacial score (nSPS) is 10.7. The fraction of sp³-hybridized carbons (Fsp3) is 0. The maximum absolute atomic E-state index is 14.0. The van der Waals surface area contributed by atoms with E-state index in [9.17, 15) is 9.18 Å². The molecule has 0 saturated heterocycles. The molecule has 2 amide bonds. The molecule has 0 saturated carbocycles. The van der Waals surface area contributed by atoms with Gasteiger partial charge in [0, 0.05) is 16.2 Å². The zero-order chi connectivity index (χ0) is 18.8. The van der Waals surface area contributed by atoms with Gasteiger partial charge in [0.1, 0.15) is 23.0 Å². The molecule has 27 heavy (non-hydrogen) atoms.